The van der Waals surface area contributed by atoms with Gasteiger partial charge in [0.05, 0.1) is 5.41 Å². The lowest BCUT2D eigenvalue weighted by Gasteiger charge is -2.35. The molecule has 0 aromatic heterocycles. The highest BCUT2D eigenvalue weighted by Crippen LogP contribution is 2.29. The van der Waals surface area contributed by atoms with Gasteiger partial charge in [-0.3, -0.25) is 4.79 Å². The quantitative estimate of drug-likeness (QED) is 0.763. The summed E-state index contributed by atoms with van der Waals surface area (Å²) in [6.45, 7) is 8.08. The van der Waals surface area contributed by atoms with E-state index in [0.29, 0.717) is 25.7 Å². The molecule has 1 saturated heterocycles. The SMILES string of the molecule is CC(C)CC(C)NC(=O)C1(CN)CCOCC1. The molecule has 1 fully saturated rings. The van der Waals surface area contributed by atoms with E-state index in [9.17, 15) is 4.79 Å². The van der Waals surface area contributed by atoms with E-state index in [2.05, 4.69) is 26.1 Å². The molecule has 4 heteroatoms. The van der Waals surface area contributed by atoms with Gasteiger partial charge in [0.15, 0.2) is 0 Å². The maximum absolute atomic E-state index is 12.3. The van der Waals surface area contributed by atoms with Gasteiger partial charge in [0.2, 0.25) is 5.91 Å². The number of nitrogens with two attached hydrogens (primary N) is 1. The van der Waals surface area contributed by atoms with Gasteiger partial charge in [-0.25, -0.2) is 0 Å². The molecule has 1 amide bonds. The summed E-state index contributed by atoms with van der Waals surface area (Å²) in [5.74, 6) is 0.699. The Morgan fingerprint density at radius 3 is 2.41 bits per heavy atom. The summed E-state index contributed by atoms with van der Waals surface area (Å²) < 4.78 is 5.31. The summed E-state index contributed by atoms with van der Waals surface area (Å²) in [5.41, 5.74) is 5.40. The van der Waals surface area contributed by atoms with Gasteiger partial charge in [0.25, 0.3) is 0 Å². The van der Waals surface area contributed by atoms with Crippen molar-refractivity contribution in [2.75, 3.05) is 19.8 Å². The van der Waals surface area contributed by atoms with E-state index < -0.39 is 5.41 Å². The van der Waals surface area contributed by atoms with Gasteiger partial charge in [-0.15, -0.1) is 0 Å². The Morgan fingerprint density at radius 2 is 1.94 bits per heavy atom. The van der Waals surface area contributed by atoms with Crippen molar-refractivity contribution in [3.05, 3.63) is 0 Å². The zero-order valence-corrected chi connectivity index (χ0v) is 11.3. The normalized spacial score (nSPS) is 21.2. The van der Waals surface area contributed by atoms with Crippen LogP contribution in [0.15, 0.2) is 0 Å². The predicted molar refractivity (Wildman–Crippen MR) is 68.6 cm³/mol. The Bertz CT molecular complexity index is 248. The smallest absolute Gasteiger partial charge is 0.227 e. The molecule has 4 nitrogen and oxygen atoms in total. The van der Waals surface area contributed by atoms with Crippen LogP contribution in [0.3, 0.4) is 0 Å². The predicted octanol–water partition coefficient (Wildman–Crippen LogP) is 1.29. The number of carbonyl (C=O) groups is 1. The van der Waals surface area contributed by atoms with E-state index >= 15 is 0 Å². The maximum atomic E-state index is 12.3. The zero-order valence-electron chi connectivity index (χ0n) is 11.3. The molecule has 0 bridgehead atoms. The Morgan fingerprint density at radius 1 is 1.35 bits per heavy atom. The molecule has 1 rings (SSSR count). The van der Waals surface area contributed by atoms with Crippen LogP contribution >= 0.6 is 0 Å². The Hall–Kier alpha value is -0.610. The van der Waals surface area contributed by atoms with Crippen LogP contribution in [0.1, 0.15) is 40.0 Å². The van der Waals surface area contributed by atoms with Crippen molar-refractivity contribution in [1.29, 1.82) is 0 Å². The van der Waals surface area contributed by atoms with E-state index in [1.54, 1.807) is 0 Å². The molecule has 1 aliphatic rings. The van der Waals surface area contributed by atoms with Crippen LogP contribution in [0.2, 0.25) is 0 Å². The van der Waals surface area contributed by atoms with E-state index in [1.807, 2.05) is 0 Å². The first kappa shape index (κ1) is 14.5. The Balaban J connectivity index is 2.54. The third-order valence-electron chi connectivity index (χ3n) is 3.52. The molecular formula is C13H26N2O2. The van der Waals surface area contributed by atoms with Gasteiger partial charge in [-0.2, -0.15) is 0 Å². The zero-order chi connectivity index (χ0) is 12.9. The lowest BCUT2D eigenvalue weighted by Crippen LogP contribution is -2.51. The van der Waals surface area contributed by atoms with E-state index in [0.717, 1.165) is 19.3 Å². The number of amides is 1. The van der Waals surface area contributed by atoms with Crippen molar-refractivity contribution in [3.8, 4) is 0 Å². The molecule has 3 N–H and O–H groups in total. The average Bonchev–Trinajstić information content (AvgIpc) is 2.28. The monoisotopic (exact) mass is 242 g/mol. The summed E-state index contributed by atoms with van der Waals surface area (Å²) in [6.07, 6.45) is 2.48. The fourth-order valence-corrected chi connectivity index (χ4v) is 2.43. The average molecular weight is 242 g/mol. The van der Waals surface area contributed by atoms with Gasteiger partial charge in [0.1, 0.15) is 0 Å². The van der Waals surface area contributed by atoms with Crippen molar-refractivity contribution < 1.29 is 9.53 Å². The van der Waals surface area contributed by atoms with Gasteiger partial charge < -0.3 is 15.8 Å². The highest BCUT2D eigenvalue weighted by Gasteiger charge is 2.39. The van der Waals surface area contributed by atoms with Crippen LogP contribution in [0, 0.1) is 11.3 Å². The summed E-state index contributed by atoms with van der Waals surface area (Å²) in [7, 11) is 0. The number of hydrogen-bond acceptors (Lipinski definition) is 3. The lowest BCUT2D eigenvalue weighted by atomic mass is 9.79. The highest BCUT2D eigenvalue weighted by atomic mass is 16.5. The molecule has 1 heterocycles. The molecule has 100 valence electrons. The fraction of sp³-hybridized carbons (Fsp3) is 0.923. The summed E-state index contributed by atoms with van der Waals surface area (Å²) in [6, 6.07) is 0.216. The topological polar surface area (TPSA) is 64.4 Å². The fourth-order valence-electron chi connectivity index (χ4n) is 2.43. The largest absolute Gasteiger partial charge is 0.381 e. The first-order valence-corrected chi connectivity index (χ1v) is 6.59. The number of rotatable bonds is 5. The second-order valence-electron chi connectivity index (χ2n) is 5.60. The summed E-state index contributed by atoms with van der Waals surface area (Å²) >= 11 is 0. The van der Waals surface area contributed by atoms with Crippen LogP contribution in [-0.4, -0.2) is 31.7 Å². The second-order valence-corrected chi connectivity index (χ2v) is 5.60. The number of ether oxygens (including phenoxy) is 1. The van der Waals surface area contributed by atoms with E-state index in [-0.39, 0.29) is 11.9 Å². The molecule has 1 unspecified atom stereocenters. The molecule has 1 atom stereocenters. The van der Waals surface area contributed by atoms with Gasteiger partial charge in [-0.05, 0) is 32.1 Å². The standard InChI is InChI=1S/C13H26N2O2/c1-10(2)8-11(3)15-12(16)13(9-14)4-6-17-7-5-13/h10-11H,4-9,14H2,1-3H3,(H,15,16). The van der Waals surface area contributed by atoms with E-state index in [1.165, 1.54) is 0 Å². The summed E-state index contributed by atoms with van der Waals surface area (Å²) in [4.78, 5) is 12.3. The maximum Gasteiger partial charge on any atom is 0.227 e. The van der Waals surface area contributed by atoms with Crippen molar-refractivity contribution in [2.24, 2.45) is 17.1 Å². The van der Waals surface area contributed by atoms with Gasteiger partial charge >= 0.3 is 0 Å². The first-order chi connectivity index (χ1) is 8.00. The van der Waals surface area contributed by atoms with Crippen LogP contribution in [0.5, 0.6) is 0 Å². The minimum absolute atomic E-state index is 0.108. The highest BCUT2D eigenvalue weighted by molar-refractivity contribution is 5.83. The lowest BCUT2D eigenvalue weighted by molar-refractivity contribution is -0.136. The Labute approximate surface area is 104 Å². The third-order valence-corrected chi connectivity index (χ3v) is 3.52. The number of hydrogen-bond donors (Lipinski definition) is 2. The van der Waals surface area contributed by atoms with Crippen molar-refractivity contribution in [1.82, 2.24) is 5.32 Å². The molecule has 0 saturated carbocycles. The van der Waals surface area contributed by atoms with Crippen molar-refractivity contribution in [3.63, 3.8) is 0 Å². The molecular weight excluding hydrogens is 216 g/mol. The second kappa shape index (κ2) is 6.36. The Kier molecular flexibility index (Phi) is 5.40. The summed E-state index contributed by atoms with van der Waals surface area (Å²) in [5, 5.41) is 3.10. The van der Waals surface area contributed by atoms with Crippen molar-refractivity contribution >= 4 is 5.91 Å². The van der Waals surface area contributed by atoms with Crippen LogP contribution in [0.4, 0.5) is 0 Å². The van der Waals surface area contributed by atoms with Gasteiger partial charge in [-0.1, -0.05) is 13.8 Å². The van der Waals surface area contributed by atoms with Crippen LogP contribution in [-0.2, 0) is 9.53 Å². The first-order valence-electron chi connectivity index (χ1n) is 6.59. The van der Waals surface area contributed by atoms with Crippen molar-refractivity contribution in [2.45, 2.75) is 46.1 Å². The molecule has 0 spiro atoms. The number of carbonyl (C=O) groups excluding carboxylic acids is 1. The molecule has 0 aromatic rings. The molecule has 0 aromatic carbocycles. The van der Waals surface area contributed by atoms with Crippen LogP contribution < -0.4 is 11.1 Å². The van der Waals surface area contributed by atoms with Gasteiger partial charge in [0, 0.05) is 25.8 Å². The number of nitrogens with one attached hydrogen (secondary N) is 1. The van der Waals surface area contributed by atoms with Crippen LogP contribution in [0.25, 0.3) is 0 Å². The third kappa shape index (κ3) is 3.96. The molecule has 1 aliphatic heterocycles. The molecule has 0 aliphatic carbocycles. The molecule has 0 radical (unpaired) electrons. The van der Waals surface area contributed by atoms with E-state index in [4.69, 9.17) is 10.5 Å². The molecule has 17 heavy (non-hydrogen) atoms. The minimum Gasteiger partial charge on any atom is -0.381 e. The minimum atomic E-state index is -0.399.